The number of ketones is 1. The van der Waals surface area contributed by atoms with Crippen molar-refractivity contribution in [2.24, 2.45) is 0 Å². The highest BCUT2D eigenvalue weighted by Gasteiger charge is 2.16. The lowest BCUT2D eigenvalue weighted by Gasteiger charge is -2.09. The molecule has 24 heavy (non-hydrogen) atoms. The number of benzene rings is 2. The van der Waals surface area contributed by atoms with Crippen molar-refractivity contribution in [3.05, 3.63) is 62.6 Å². The van der Waals surface area contributed by atoms with Gasteiger partial charge in [0.2, 0.25) is 0 Å². The van der Waals surface area contributed by atoms with Gasteiger partial charge in [-0.1, -0.05) is 40.5 Å². The number of halogens is 2. The second-order valence-electron chi connectivity index (χ2n) is 5.17. The molecule has 128 valence electrons. The summed E-state index contributed by atoms with van der Waals surface area (Å²) in [6.45, 7) is 1.61. The van der Waals surface area contributed by atoms with Crippen LogP contribution in [0.2, 0.25) is 5.02 Å². The first-order chi connectivity index (χ1) is 11.3. The summed E-state index contributed by atoms with van der Waals surface area (Å²) < 4.78 is 29.1. The molecule has 2 aromatic rings. The Morgan fingerprint density at radius 1 is 1.21 bits per heavy atom. The van der Waals surface area contributed by atoms with Gasteiger partial charge in [0.1, 0.15) is 5.75 Å². The Balaban J connectivity index is 2.34. The fraction of sp³-hybridized carbons (Fsp3) is 0.235. The smallest absolute Gasteiger partial charge is 0.194 e. The van der Waals surface area contributed by atoms with E-state index in [9.17, 15) is 13.2 Å². The molecule has 0 amide bonds. The third kappa shape index (κ3) is 4.37. The van der Waals surface area contributed by atoms with Crippen LogP contribution in [0.1, 0.15) is 28.4 Å². The Hall–Kier alpha value is -1.37. The molecule has 2 rings (SSSR count). The number of sulfone groups is 1. The van der Waals surface area contributed by atoms with E-state index >= 15 is 0 Å². The molecule has 0 aliphatic carbocycles. The van der Waals surface area contributed by atoms with Gasteiger partial charge in [0.15, 0.2) is 15.6 Å². The molecular weight excluding hydrogens is 416 g/mol. The third-order valence-electron chi connectivity index (χ3n) is 3.52. The maximum atomic E-state index is 12.7. The van der Waals surface area contributed by atoms with E-state index in [1.165, 1.54) is 7.11 Å². The van der Waals surface area contributed by atoms with Crippen LogP contribution in [0.4, 0.5) is 0 Å². The second kappa shape index (κ2) is 7.68. The molecule has 0 saturated carbocycles. The van der Waals surface area contributed by atoms with Crippen LogP contribution in [0.15, 0.2) is 40.9 Å². The Morgan fingerprint density at radius 2 is 1.92 bits per heavy atom. The van der Waals surface area contributed by atoms with Crippen LogP contribution in [-0.4, -0.2) is 27.1 Å². The van der Waals surface area contributed by atoms with Crippen molar-refractivity contribution in [1.82, 2.24) is 0 Å². The quantitative estimate of drug-likeness (QED) is 0.641. The van der Waals surface area contributed by atoms with Crippen molar-refractivity contribution < 1.29 is 17.9 Å². The summed E-state index contributed by atoms with van der Waals surface area (Å²) in [5.41, 5.74) is 1.51. The maximum Gasteiger partial charge on any atom is 0.194 e. The highest BCUT2D eigenvalue weighted by molar-refractivity contribution is 9.10. The molecule has 0 radical (unpaired) electrons. The predicted molar refractivity (Wildman–Crippen MR) is 98.7 cm³/mol. The lowest BCUT2D eigenvalue weighted by atomic mass is 10.0. The van der Waals surface area contributed by atoms with Crippen LogP contribution < -0.4 is 4.74 Å². The van der Waals surface area contributed by atoms with Gasteiger partial charge in [-0.15, -0.1) is 0 Å². The number of carbonyl (C=O) groups excluding carboxylic acids is 1. The molecule has 0 bridgehead atoms. The highest BCUT2D eigenvalue weighted by atomic mass is 79.9. The van der Waals surface area contributed by atoms with Gasteiger partial charge in [-0.2, -0.15) is 0 Å². The highest BCUT2D eigenvalue weighted by Crippen LogP contribution is 2.28. The van der Waals surface area contributed by atoms with Gasteiger partial charge in [-0.25, -0.2) is 8.42 Å². The zero-order chi connectivity index (χ0) is 17.9. The second-order valence-corrected chi connectivity index (χ2v) is 8.78. The van der Waals surface area contributed by atoms with Crippen molar-refractivity contribution >= 4 is 43.2 Å². The van der Waals surface area contributed by atoms with Gasteiger partial charge in [-0.3, -0.25) is 4.79 Å². The number of hydrogen-bond donors (Lipinski definition) is 0. The normalized spacial score (nSPS) is 11.3. The largest absolute Gasteiger partial charge is 0.495 e. The topological polar surface area (TPSA) is 60.4 Å². The maximum absolute atomic E-state index is 12.7. The molecular formula is C17H16BrClO4S. The Labute approximate surface area is 154 Å². The van der Waals surface area contributed by atoms with Crippen molar-refractivity contribution in [3.8, 4) is 5.75 Å². The number of rotatable bonds is 6. The Bertz CT molecular complexity index is 878. The predicted octanol–water partition coefficient (Wildman–Crippen LogP) is 4.28. The molecule has 0 spiro atoms. The van der Waals surface area contributed by atoms with E-state index in [0.29, 0.717) is 31.9 Å². The van der Waals surface area contributed by atoms with Gasteiger partial charge in [0.05, 0.1) is 17.9 Å². The lowest BCUT2D eigenvalue weighted by Crippen LogP contribution is -2.08. The van der Waals surface area contributed by atoms with E-state index in [2.05, 4.69) is 15.9 Å². The average molecular weight is 432 g/mol. The summed E-state index contributed by atoms with van der Waals surface area (Å²) in [6.07, 6.45) is 0. The van der Waals surface area contributed by atoms with E-state index < -0.39 is 9.84 Å². The number of methoxy groups -OCH3 is 1. The third-order valence-corrected chi connectivity index (χ3v) is 6.14. The van der Waals surface area contributed by atoms with E-state index in [0.717, 1.165) is 0 Å². The standard InChI is InChI=1S/C17H16BrClO4S/c1-3-24(21,22)10-11-4-6-13(14(18)8-11)17(20)12-5-7-15(19)16(9-12)23-2/h4-9H,3,10H2,1-2H3. The van der Waals surface area contributed by atoms with Crippen LogP contribution in [0.3, 0.4) is 0 Å². The molecule has 0 unspecified atom stereocenters. The molecule has 0 aliphatic rings. The van der Waals surface area contributed by atoms with Crippen molar-refractivity contribution in [2.75, 3.05) is 12.9 Å². The van der Waals surface area contributed by atoms with E-state index in [4.69, 9.17) is 16.3 Å². The summed E-state index contributed by atoms with van der Waals surface area (Å²) >= 11 is 9.32. The SMILES string of the molecule is CCS(=O)(=O)Cc1ccc(C(=O)c2ccc(Cl)c(OC)c2)c(Br)c1. The molecule has 2 aromatic carbocycles. The van der Waals surface area contributed by atoms with Gasteiger partial charge in [0.25, 0.3) is 0 Å². The first-order valence-electron chi connectivity index (χ1n) is 7.14. The summed E-state index contributed by atoms with van der Waals surface area (Å²) in [6, 6.07) is 9.73. The van der Waals surface area contributed by atoms with E-state index in [1.807, 2.05) is 0 Å². The van der Waals surface area contributed by atoms with Gasteiger partial charge in [0, 0.05) is 21.4 Å². The molecule has 0 heterocycles. The van der Waals surface area contributed by atoms with E-state index in [-0.39, 0.29) is 17.3 Å². The molecule has 0 aromatic heterocycles. The van der Waals surface area contributed by atoms with Crippen LogP contribution in [0, 0.1) is 0 Å². The van der Waals surface area contributed by atoms with Crippen molar-refractivity contribution in [3.63, 3.8) is 0 Å². The minimum absolute atomic E-state index is 0.0503. The summed E-state index contributed by atoms with van der Waals surface area (Å²) in [5, 5.41) is 0.424. The minimum Gasteiger partial charge on any atom is -0.495 e. The number of ether oxygens (including phenoxy) is 1. The molecule has 0 atom stereocenters. The van der Waals surface area contributed by atoms with Gasteiger partial charge in [-0.05, 0) is 35.9 Å². The molecule has 0 N–H and O–H groups in total. The van der Waals surface area contributed by atoms with Crippen molar-refractivity contribution in [2.45, 2.75) is 12.7 Å². The Kier molecular flexibility index (Phi) is 6.06. The van der Waals surface area contributed by atoms with Crippen LogP contribution in [0.25, 0.3) is 0 Å². The van der Waals surface area contributed by atoms with E-state index in [1.54, 1.807) is 43.3 Å². The first kappa shape index (κ1) is 19.0. The summed E-state index contributed by atoms with van der Waals surface area (Å²) in [5.74, 6) is 0.243. The first-order valence-corrected chi connectivity index (χ1v) is 10.1. The zero-order valence-electron chi connectivity index (χ0n) is 13.2. The monoisotopic (exact) mass is 430 g/mol. The number of hydrogen-bond acceptors (Lipinski definition) is 4. The van der Waals surface area contributed by atoms with Crippen LogP contribution in [0.5, 0.6) is 5.75 Å². The molecule has 4 nitrogen and oxygen atoms in total. The van der Waals surface area contributed by atoms with Crippen molar-refractivity contribution in [1.29, 1.82) is 0 Å². The molecule has 7 heteroatoms. The fourth-order valence-electron chi connectivity index (χ4n) is 2.15. The lowest BCUT2D eigenvalue weighted by molar-refractivity contribution is 0.103. The van der Waals surface area contributed by atoms with Crippen LogP contribution >= 0.6 is 27.5 Å². The summed E-state index contributed by atoms with van der Waals surface area (Å²) in [4.78, 5) is 12.7. The molecule has 0 fully saturated rings. The fourth-order valence-corrected chi connectivity index (χ4v) is 3.84. The van der Waals surface area contributed by atoms with Crippen LogP contribution in [-0.2, 0) is 15.6 Å². The molecule has 0 saturated heterocycles. The number of carbonyl (C=O) groups is 1. The minimum atomic E-state index is -3.13. The Morgan fingerprint density at radius 3 is 2.50 bits per heavy atom. The zero-order valence-corrected chi connectivity index (χ0v) is 16.3. The summed E-state index contributed by atoms with van der Waals surface area (Å²) in [7, 11) is -1.64. The molecule has 0 aliphatic heterocycles. The average Bonchev–Trinajstić information content (AvgIpc) is 2.54. The van der Waals surface area contributed by atoms with Gasteiger partial charge < -0.3 is 4.74 Å². The van der Waals surface area contributed by atoms with Gasteiger partial charge >= 0.3 is 0 Å².